The molecule has 0 aliphatic heterocycles. The molecule has 20 heavy (non-hydrogen) atoms. The van der Waals surface area contributed by atoms with Gasteiger partial charge in [-0.2, -0.15) is 0 Å². The van der Waals surface area contributed by atoms with Crippen molar-refractivity contribution in [2.75, 3.05) is 6.54 Å². The van der Waals surface area contributed by atoms with Crippen LogP contribution < -0.4 is 5.32 Å². The van der Waals surface area contributed by atoms with Gasteiger partial charge in [-0.25, -0.2) is 0 Å². The lowest BCUT2D eigenvalue weighted by Crippen LogP contribution is -2.47. The van der Waals surface area contributed by atoms with E-state index in [-0.39, 0.29) is 0 Å². The Morgan fingerprint density at radius 1 is 1.05 bits per heavy atom. The van der Waals surface area contributed by atoms with E-state index < -0.39 is 0 Å². The van der Waals surface area contributed by atoms with Crippen LogP contribution in [0.4, 0.5) is 0 Å². The molecule has 0 radical (unpaired) electrons. The molecule has 1 aromatic rings. The van der Waals surface area contributed by atoms with Crippen LogP contribution in [-0.2, 0) is 5.41 Å². The number of benzene rings is 1. The summed E-state index contributed by atoms with van der Waals surface area (Å²) in [6, 6.07) is 11.9. The molecular formula is C19H31N. The standard InChI is InChI=1S/C19H31N/c1-4-20-18(13-12-16(2)3)19(14-8-9-15-19)17-10-6-5-7-11-17/h5-7,10-11,16,18,20H,4,8-9,12-15H2,1-3H3. The van der Waals surface area contributed by atoms with Gasteiger partial charge in [-0.1, -0.05) is 63.9 Å². The predicted octanol–water partition coefficient (Wildman–Crippen LogP) is 4.91. The predicted molar refractivity (Wildman–Crippen MR) is 88.1 cm³/mol. The van der Waals surface area contributed by atoms with Crippen molar-refractivity contribution in [3.05, 3.63) is 35.9 Å². The average Bonchev–Trinajstić information content (AvgIpc) is 2.95. The normalized spacial score (nSPS) is 19.4. The molecule has 0 amide bonds. The summed E-state index contributed by atoms with van der Waals surface area (Å²) in [4.78, 5) is 0. The highest BCUT2D eigenvalue weighted by atomic mass is 14.9. The summed E-state index contributed by atoms with van der Waals surface area (Å²) in [5, 5.41) is 3.82. The molecule has 1 saturated carbocycles. The first kappa shape index (κ1) is 15.6. The number of rotatable bonds is 7. The first-order valence-electron chi connectivity index (χ1n) is 8.48. The van der Waals surface area contributed by atoms with Gasteiger partial charge in [0.2, 0.25) is 0 Å². The quantitative estimate of drug-likeness (QED) is 0.744. The lowest BCUT2D eigenvalue weighted by molar-refractivity contribution is 0.271. The second-order valence-electron chi connectivity index (χ2n) is 6.81. The van der Waals surface area contributed by atoms with Crippen molar-refractivity contribution in [3.63, 3.8) is 0 Å². The van der Waals surface area contributed by atoms with E-state index in [1.54, 1.807) is 5.56 Å². The first-order valence-corrected chi connectivity index (χ1v) is 8.48. The second-order valence-corrected chi connectivity index (χ2v) is 6.81. The molecule has 0 bridgehead atoms. The lowest BCUT2D eigenvalue weighted by Gasteiger charge is -2.39. The van der Waals surface area contributed by atoms with Crippen LogP contribution in [-0.4, -0.2) is 12.6 Å². The molecule has 1 N–H and O–H groups in total. The zero-order chi connectivity index (χ0) is 14.4. The van der Waals surface area contributed by atoms with Gasteiger partial charge in [0, 0.05) is 11.5 Å². The van der Waals surface area contributed by atoms with E-state index in [4.69, 9.17) is 0 Å². The summed E-state index contributed by atoms with van der Waals surface area (Å²) in [5.74, 6) is 0.797. The molecule has 1 fully saturated rings. The largest absolute Gasteiger partial charge is 0.313 e. The summed E-state index contributed by atoms with van der Waals surface area (Å²) in [7, 11) is 0. The summed E-state index contributed by atoms with van der Waals surface area (Å²) < 4.78 is 0. The van der Waals surface area contributed by atoms with Gasteiger partial charge in [0.15, 0.2) is 0 Å². The van der Waals surface area contributed by atoms with Crippen LogP contribution >= 0.6 is 0 Å². The van der Waals surface area contributed by atoms with Gasteiger partial charge in [0.1, 0.15) is 0 Å². The summed E-state index contributed by atoms with van der Waals surface area (Å²) in [5.41, 5.74) is 1.94. The Morgan fingerprint density at radius 3 is 2.25 bits per heavy atom. The third kappa shape index (κ3) is 3.44. The van der Waals surface area contributed by atoms with E-state index in [1.165, 1.54) is 38.5 Å². The molecule has 1 unspecified atom stereocenters. The third-order valence-electron chi connectivity index (χ3n) is 4.99. The third-order valence-corrected chi connectivity index (χ3v) is 4.99. The van der Waals surface area contributed by atoms with Gasteiger partial charge in [-0.3, -0.25) is 0 Å². The maximum absolute atomic E-state index is 3.82. The molecule has 1 aromatic carbocycles. The Labute approximate surface area is 125 Å². The van der Waals surface area contributed by atoms with Crippen molar-refractivity contribution in [2.45, 2.75) is 70.8 Å². The Morgan fingerprint density at radius 2 is 1.70 bits per heavy atom. The minimum Gasteiger partial charge on any atom is -0.313 e. The van der Waals surface area contributed by atoms with E-state index >= 15 is 0 Å². The van der Waals surface area contributed by atoms with Crippen molar-refractivity contribution in [2.24, 2.45) is 5.92 Å². The maximum Gasteiger partial charge on any atom is 0.0164 e. The van der Waals surface area contributed by atoms with E-state index in [0.29, 0.717) is 11.5 Å². The monoisotopic (exact) mass is 273 g/mol. The number of hydrogen-bond acceptors (Lipinski definition) is 1. The van der Waals surface area contributed by atoms with Crippen LogP contribution in [0.1, 0.15) is 64.9 Å². The lowest BCUT2D eigenvalue weighted by atomic mass is 9.71. The first-order chi connectivity index (χ1) is 9.69. The van der Waals surface area contributed by atoms with Crippen LogP contribution in [0.5, 0.6) is 0 Å². The topological polar surface area (TPSA) is 12.0 Å². The fraction of sp³-hybridized carbons (Fsp3) is 0.684. The Hall–Kier alpha value is -0.820. The Balaban J connectivity index is 2.24. The molecule has 1 aliphatic rings. The van der Waals surface area contributed by atoms with Crippen LogP contribution in [0, 0.1) is 5.92 Å². The highest BCUT2D eigenvalue weighted by Crippen LogP contribution is 2.45. The second kappa shape index (κ2) is 7.26. The molecule has 1 nitrogen and oxygen atoms in total. The highest BCUT2D eigenvalue weighted by Gasteiger charge is 2.41. The molecule has 0 aromatic heterocycles. The van der Waals surface area contributed by atoms with Gasteiger partial charge < -0.3 is 5.32 Å². The molecule has 2 rings (SSSR count). The Bertz CT molecular complexity index is 376. The molecule has 0 spiro atoms. The maximum atomic E-state index is 3.82. The van der Waals surface area contributed by atoms with Crippen LogP contribution in [0.25, 0.3) is 0 Å². The van der Waals surface area contributed by atoms with E-state index in [2.05, 4.69) is 56.4 Å². The fourth-order valence-corrected chi connectivity index (χ4v) is 3.93. The Kier molecular flexibility index (Phi) is 5.65. The van der Waals surface area contributed by atoms with Gasteiger partial charge >= 0.3 is 0 Å². The van der Waals surface area contributed by atoms with E-state index in [1.807, 2.05) is 0 Å². The fourth-order valence-electron chi connectivity index (χ4n) is 3.93. The molecule has 1 atom stereocenters. The van der Waals surface area contributed by atoms with Crippen molar-refractivity contribution < 1.29 is 0 Å². The SMILES string of the molecule is CCNC(CCC(C)C)C1(c2ccccc2)CCCC1. The molecule has 0 saturated heterocycles. The van der Waals surface area contributed by atoms with Gasteiger partial charge in [0.25, 0.3) is 0 Å². The van der Waals surface area contributed by atoms with Crippen molar-refractivity contribution in [1.82, 2.24) is 5.32 Å². The van der Waals surface area contributed by atoms with Gasteiger partial charge in [-0.05, 0) is 43.7 Å². The smallest absolute Gasteiger partial charge is 0.0164 e. The van der Waals surface area contributed by atoms with Crippen LogP contribution in [0.3, 0.4) is 0 Å². The molecule has 1 heteroatoms. The minimum atomic E-state index is 0.381. The van der Waals surface area contributed by atoms with Crippen molar-refractivity contribution in [3.8, 4) is 0 Å². The summed E-state index contributed by atoms with van der Waals surface area (Å²) >= 11 is 0. The zero-order valence-electron chi connectivity index (χ0n) is 13.5. The number of nitrogens with one attached hydrogen (secondary N) is 1. The van der Waals surface area contributed by atoms with Crippen molar-refractivity contribution >= 4 is 0 Å². The van der Waals surface area contributed by atoms with E-state index in [0.717, 1.165) is 12.5 Å². The zero-order valence-corrected chi connectivity index (χ0v) is 13.5. The molecular weight excluding hydrogens is 242 g/mol. The molecule has 112 valence electrons. The minimum absolute atomic E-state index is 0.381. The number of likely N-dealkylation sites (N-methyl/N-ethyl adjacent to an activating group) is 1. The van der Waals surface area contributed by atoms with Gasteiger partial charge in [0.05, 0.1) is 0 Å². The van der Waals surface area contributed by atoms with Crippen LogP contribution in [0.15, 0.2) is 30.3 Å². The van der Waals surface area contributed by atoms with E-state index in [9.17, 15) is 0 Å². The van der Waals surface area contributed by atoms with Gasteiger partial charge in [-0.15, -0.1) is 0 Å². The van der Waals surface area contributed by atoms with Crippen molar-refractivity contribution in [1.29, 1.82) is 0 Å². The number of hydrogen-bond donors (Lipinski definition) is 1. The molecule has 0 heterocycles. The molecule has 1 aliphatic carbocycles. The summed E-state index contributed by atoms with van der Waals surface area (Å²) in [6.45, 7) is 8.01. The average molecular weight is 273 g/mol. The summed E-state index contributed by atoms with van der Waals surface area (Å²) in [6.07, 6.45) is 8.11. The van der Waals surface area contributed by atoms with Crippen LogP contribution in [0.2, 0.25) is 0 Å². The highest BCUT2D eigenvalue weighted by molar-refractivity contribution is 5.29.